The summed E-state index contributed by atoms with van der Waals surface area (Å²) in [4.78, 5) is 23.9. The van der Waals surface area contributed by atoms with Gasteiger partial charge in [-0.3, -0.25) is 30.9 Å². The lowest BCUT2D eigenvalue weighted by Gasteiger charge is -2.16. The molecule has 0 fully saturated rings. The van der Waals surface area contributed by atoms with Crippen molar-refractivity contribution in [2.24, 2.45) is 0 Å². The second-order valence-corrected chi connectivity index (χ2v) is 6.42. The monoisotopic (exact) mass is 415 g/mol. The van der Waals surface area contributed by atoms with Gasteiger partial charge in [0.25, 0.3) is 11.8 Å². The summed E-state index contributed by atoms with van der Waals surface area (Å²) in [5, 5.41) is 9.45. The van der Waals surface area contributed by atoms with E-state index in [1.54, 1.807) is 25.1 Å². The molecule has 2 amide bonds. The summed E-state index contributed by atoms with van der Waals surface area (Å²) in [6.45, 7) is 3.28. The van der Waals surface area contributed by atoms with Gasteiger partial charge in [-0.1, -0.05) is 23.2 Å². The molecule has 1 atom stereocenters. The highest BCUT2D eigenvalue weighted by atomic mass is 35.5. The second kappa shape index (κ2) is 8.84. The van der Waals surface area contributed by atoms with Crippen LogP contribution >= 0.6 is 35.4 Å². The first-order chi connectivity index (χ1) is 12.3. The van der Waals surface area contributed by atoms with Crippen LogP contribution in [-0.2, 0) is 4.79 Å². The Labute approximate surface area is 164 Å². The number of carbonyl (C=O) groups is 2. The van der Waals surface area contributed by atoms with Crippen molar-refractivity contribution >= 4 is 52.3 Å². The van der Waals surface area contributed by atoms with Crippen LogP contribution in [0.1, 0.15) is 23.1 Å². The fourth-order valence-electron chi connectivity index (χ4n) is 1.77. The van der Waals surface area contributed by atoms with Gasteiger partial charge < -0.3 is 4.74 Å². The number of hydrogen-bond donors (Lipinski definition) is 4. The lowest BCUT2D eigenvalue weighted by molar-refractivity contribution is -0.125. The van der Waals surface area contributed by atoms with Crippen LogP contribution in [0.15, 0.2) is 24.3 Å². The van der Waals surface area contributed by atoms with Crippen molar-refractivity contribution in [1.82, 2.24) is 26.4 Å². The van der Waals surface area contributed by atoms with Crippen LogP contribution in [0, 0.1) is 6.92 Å². The van der Waals surface area contributed by atoms with Crippen molar-refractivity contribution in [3.63, 3.8) is 0 Å². The highest BCUT2D eigenvalue weighted by Crippen LogP contribution is 2.28. The van der Waals surface area contributed by atoms with E-state index in [2.05, 4.69) is 26.4 Å². The fraction of sp³-hybridized carbons (Fsp3) is 0.200. The molecule has 0 saturated carbocycles. The molecule has 0 aliphatic heterocycles. The number of aromatic amines is 1. The van der Waals surface area contributed by atoms with E-state index in [4.69, 9.17) is 40.2 Å². The zero-order valence-electron chi connectivity index (χ0n) is 13.7. The maximum absolute atomic E-state index is 12.1. The van der Waals surface area contributed by atoms with E-state index in [0.29, 0.717) is 10.8 Å². The van der Waals surface area contributed by atoms with E-state index < -0.39 is 17.9 Å². The zero-order valence-corrected chi connectivity index (χ0v) is 16.1. The SMILES string of the molecule is Cc1cc(C(=O)NNC(=S)NC(=O)C(C)Oc2ccc(Cl)cc2Cl)n[nH]1. The van der Waals surface area contributed by atoms with Crippen molar-refractivity contribution in [3.05, 3.63) is 45.7 Å². The summed E-state index contributed by atoms with van der Waals surface area (Å²) in [5.41, 5.74) is 5.64. The highest BCUT2D eigenvalue weighted by molar-refractivity contribution is 7.80. The summed E-state index contributed by atoms with van der Waals surface area (Å²) < 4.78 is 5.47. The summed E-state index contributed by atoms with van der Waals surface area (Å²) in [6, 6.07) is 6.20. The lowest BCUT2D eigenvalue weighted by atomic mass is 10.3. The number of hydrazine groups is 1. The number of ether oxygens (including phenoxy) is 1. The van der Waals surface area contributed by atoms with Crippen molar-refractivity contribution in [1.29, 1.82) is 0 Å². The Hall–Kier alpha value is -2.36. The standard InChI is InChI=1S/C15H15Cl2N5O3S/c1-7-5-11(20-19-7)14(24)21-22-15(26)18-13(23)8(2)25-12-4-3-9(16)6-10(12)17/h3-6,8H,1-2H3,(H,19,20)(H,21,24)(H2,18,22,23,26). The van der Waals surface area contributed by atoms with Crippen LogP contribution in [-0.4, -0.2) is 33.2 Å². The summed E-state index contributed by atoms with van der Waals surface area (Å²) in [6.07, 6.45) is -0.891. The first-order valence-corrected chi connectivity index (χ1v) is 8.47. The predicted molar refractivity (Wildman–Crippen MR) is 101 cm³/mol. The molecule has 0 bridgehead atoms. The molecule has 1 unspecified atom stereocenters. The van der Waals surface area contributed by atoms with Crippen LogP contribution in [0.4, 0.5) is 0 Å². The Morgan fingerprint density at radius 2 is 2.00 bits per heavy atom. The number of halogens is 2. The van der Waals surface area contributed by atoms with Crippen LogP contribution in [0.2, 0.25) is 10.0 Å². The molecule has 2 aromatic rings. The number of amides is 2. The molecule has 0 radical (unpaired) electrons. The Balaban J connectivity index is 1.82. The Morgan fingerprint density at radius 1 is 1.27 bits per heavy atom. The first-order valence-electron chi connectivity index (χ1n) is 7.31. The van der Waals surface area contributed by atoms with E-state index in [-0.39, 0.29) is 15.8 Å². The molecule has 1 aromatic carbocycles. The number of nitrogens with zero attached hydrogens (tertiary/aromatic N) is 1. The van der Waals surface area contributed by atoms with Crippen molar-refractivity contribution in [2.45, 2.75) is 20.0 Å². The Kier molecular flexibility index (Phi) is 6.78. The molecular weight excluding hydrogens is 401 g/mol. The fourth-order valence-corrected chi connectivity index (χ4v) is 2.38. The number of aryl methyl sites for hydroxylation is 1. The number of thiocarbonyl (C=S) groups is 1. The van der Waals surface area contributed by atoms with Gasteiger partial charge in [0.05, 0.1) is 5.02 Å². The molecule has 11 heteroatoms. The van der Waals surface area contributed by atoms with E-state index in [0.717, 1.165) is 5.69 Å². The summed E-state index contributed by atoms with van der Waals surface area (Å²) in [7, 11) is 0. The van der Waals surface area contributed by atoms with E-state index in [9.17, 15) is 9.59 Å². The molecule has 1 aromatic heterocycles. The number of carbonyl (C=O) groups excluding carboxylic acids is 2. The molecule has 0 aliphatic rings. The average Bonchev–Trinajstić information content (AvgIpc) is 3.01. The van der Waals surface area contributed by atoms with Crippen LogP contribution in [0.5, 0.6) is 5.75 Å². The Morgan fingerprint density at radius 3 is 2.62 bits per heavy atom. The molecular formula is C15H15Cl2N5O3S. The lowest BCUT2D eigenvalue weighted by Crippen LogP contribution is -2.51. The minimum Gasteiger partial charge on any atom is -0.479 e. The smallest absolute Gasteiger partial charge is 0.290 e. The Bertz CT molecular complexity index is 842. The number of aromatic nitrogens is 2. The quantitative estimate of drug-likeness (QED) is 0.449. The number of rotatable bonds is 4. The van der Waals surface area contributed by atoms with Crippen LogP contribution in [0.25, 0.3) is 0 Å². The molecule has 0 aliphatic carbocycles. The molecule has 26 heavy (non-hydrogen) atoms. The molecule has 0 saturated heterocycles. The zero-order chi connectivity index (χ0) is 19.3. The van der Waals surface area contributed by atoms with Gasteiger partial charge in [0, 0.05) is 10.7 Å². The van der Waals surface area contributed by atoms with Gasteiger partial charge in [-0.05, 0) is 50.3 Å². The van der Waals surface area contributed by atoms with Crippen molar-refractivity contribution in [2.75, 3.05) is 0 Å². The number of hydrogen-bond acceptors (Lipinski definition) is 5. The van der Waals surface area contributed by atoms with Gasteiger partial charge in [0.1, 0.15) is 5.75 Å². The van der Waals surface area contributed by atoms with Crippen LogP contribution < -0.4 is 20.9 Å². The van der Waals surface area contributed by atoms with Gasteiger partial charge in [0.2, 0.25) is 0 Å². The normalized spacial score (nSPS) is 11.4. The van der Waals surface area contributed by atoms with Gasteiger partial charge in [-0.2, -0.15) is 5.10 Å². The molecule has 8 nitrogen and oxygen atoms in total. The number of nitrogens with one attached hydrogen (secondary N) is 4. The maximum atomic E-state index is 12.1. The number of H-pyrrole nitrogens is 1. The van der Waals surface area contributed by atoms with E-state index in [1.165, 1.54) is 13.0 Å². The molecule has 138 valence electrons. The summed E-state index contributed by atoms with van der Waals surface area (Å²) >= 11 is 16.7. The molecule has 2 rings (SSSR count). The number of benzene rings is 1. The third-order valence-corrected chi connectivity index (χ3v) is 3.77. The third kappa shape index (κ3) is 5.58. The highest BCUT2D eigenvalue weighted by Gasteiger charge is 2.18. The second-order valence-electron chi connectivity index (χ2n) is 5.17. The minimum absolute atomic E-state index is 0.103. The van der Waals surface area contributed by atoms with Gasteiger partial charge in [-0.15, -0.1) is 0 Å². The van der Waals surface area contributed by atoms with Gasteiger partial charge >= 0.3 is 0 Å². The van der Waals surface area contributed by atoms with Crippen LogP contribution in [0.3, 0.4) is 0 Å². The first kappa shape index (κ1) is 20.0. The third-order valence-electron chi connectivity index (χ3n) is 3.03. The molecule has 1 heterocycles. The predicted octanol–water partition coefficient (Wildman–Crippen LogP) is 2.13. The van der Waals surface area contributed by atoms with E-state index in [1.807, 2.05) is 0 Å². The van der Waals surface area contributed by atoms with Crippen molar-refractivity contribution < 1.29 is 14.3 Å². The van der Waals surface area contributed by atoms with Gasteiger partial charge in [0.15, 0.2) is 16.9 Å². The molecule has 4 N–H and O–H groups in total. The van der Waals surface area contributed by atoms with Crippen molar-refractivity contribution in [3.8, 4) is 5.75 Å². The minimum atomic E-state index is -0.891. The van der Waals surface area contributed by atoms with Gasteiger partial charge in [-0.25, -0.2) is 0 Å². The topological polar surface area (TPSA) is 108 Å². The molecule has 0 spiro atoms. The average molecular weight is 416 g/mol. The maximum Gasteiger partial charge on any atom is 0.290 e. The summed E-state index contributed by atoms with van der Waals surface area (Å²) in [5.74, 6) is -0.735. The van der Waals surface area contributed by atoms with E-state index >= 15 is 0 Å². The largest absolute Gasteiger partial charge is 0.479 e.